The number of benzene rings is 2. The second-order valence-electron chi connectivity index (χ2n) is 5.43. The summed E-state index contributed by atoms with van der Waals surface area (Å²) in [5.74, 6) is 0. The Bertz CT molecular complexity index is 665. The molecule has 20 heavy (non-hydrogen) atoms. The van der Waals surface area contributed by atoms with Crippen molar-refractivity contribution in [3.8, 4) is 0 Å². The molecule has 0 fully saturated rings. The number of aldehydes is 1. The van der Waals surface area contributed by atoms with Crippen LogP contribution in [0.2, 0.25) is 0 Å². The zero-order chi connectivity index (χ0) is 14.7. The van der Waals surface area contributed by atoms with Crippen LogP contribution in [0, 0.1) is 13.8 Å². The Balaban J connectivity index is 2.47. The summed E-state index contributed by atoms with van der Waals surface area (Å²) in [6.45, 7) is 10.4. The molecule has 0 aliphatic rings. The number of carbonyl (C=O) groups excluding carboxylic acids is 1. The third-order valence-electron chi connectivity index (χ3n) is 3.55. The van der Waals surface area contributed by atoms with E-state index in [1.165, 1.54) is 22.3 Å². The molecule has 0 atom stereocenters. The molecule has 0 saturated heterocycles. The van der Waals surface area contributed by atoms with Crippen LogP contribution < -0.4 is 0 Å². The molecule has 0 N–H and O–H groups in total. The quantitative estimate of drug-likeness (QED) is 0.729. The van der Waals surface area contributed by atoms with Crippen molar-refractivity contribution in [2.45, 2.75) is 27.2 Å². The molecule has 0 unspecified atom stereocenters. The van der Waals surface area contributed by atoms with Gasteiger partial charge in [-0.15, -0.1) is 0 Å². The molecule has 0 aromatic heterocycles. The normalized spacial score (nSPS) is 10.3. The molecule has 2 aromatic carbocycles. The lowest BCUT2D eigenvalue weighted by Gasteiger charge is -2.14. The van der Waals surface area contributed by atoms with Crippen molar-refractivity contribution in [1.82, 2.24) is 0 Å². The summed E-state index contributed by atoms with van der Waals surface area (Å²) in [4.78, 5) is 10.9. The van der Waals surface area contributed by atoms with Crippen LogP contribution in [-0.4, -0.2) is 6.29 Å². The fourth-order valence-electron chi connectivity index (χ4n) is 2.59. The van der Waals surface area contributed by atoms with E-state index in [1.807, 2.05) is 25.1 Å². The molecular formula is C19H20O. The summed E-state index contributed by atoms with van der Waals surface area (Å²) in [5, 5.41) is 0. The Hall–Kier alpha value is -2.15. The molecule has 1 nitrogen and oxygen atoms in total. The maximum Gasteiger partial charge on any atom is 0.150 e. The minimum absolute atomic E-state index is 0.726. The molecular weight excluding hydrogens is 244 g/mol. The minimum Gasteiger partial charge on any atom is -0.298 e. The molecule has 2 aromatic rings. The van der Waals surface area contributed by atoms with Crippen molar-refractivity contribution in [3.63, 3.8) is 0 Å². The predicted molar refractivity (Wildman–Crippen MR) is 85.3 cm³/mol. The Morgan fingerprint density at radius 3 is 2.60 bits per heavy atom. The van der Waals surface area contributed by atoms with Gasteiger partial charge < -0.3 is 0 Å². The maximum absolute atomic E-state index is 10.9. The SMILES string of the molecule is C=C(C)c1cc(C)cc(C)c1Cc1cccc(C=O)c1. The van der Waals surface area contributed by atoms with Crippen LogP contribution in [0.1, 0.15) is 45.1 Å². The number of rotatable bonds is 4. The van der Waals surface area contributed by atoms with E-state index in [4.69, 9.17) is 0 Å². The highest BCUT2D eigenvalue weighted by Gasteiger charge is 2.09. The van der Waals surface area contributed by atoms with E-state index in [9.17, 15) is 4.79 Å². The lowest BCUT2D eigenvalue weighted by Crippen LogP contribution is -1.99. The van der Waals surface area contributed by atoms with Crippen LogP contribution in [0.4, 0.5) is 0 Å². The van der Waals surface area contributed by atoms with Gasteiger partial charge in [0.15, 0.2) is 0 Å². The van der Waals surface area contributed by atoms with Gasteiger partial charge in [0.25, 0.3) is 0 Å². The molecule has 2 rings (SSSR count). The van der Waals surface area contributed by atoms with Gasteiger partial charge >= 0.3 is 0 Å². The van der Waals surface area contributed by atoms with Gasteiger partial charge in [-0.05, 0) is 55.5 Å². The first-order chi connectivity index (χ1) is 9.51. The van der Waals surface area contributed by atoms with Gasteiger partial charge in [-0.3, -0.25) is 4.79 Å². The molecule has 0 saturated carbocycles. The smallest absolute Gasteiger partial charge is 0.150 e. The van der Waals surface area contributed by atoms with E-state index in [-0.39, 0.29) is 0 Å². The highest BCUT2D eigenvalue weighted by Crippen LogP contribution is 2.25. The molecule has 102 valence electrons. The second-order valence-corrected chi connectivity index (χ2v) is 5.43. The van der Waals surface area contributed by atoms with E-state index in [2.05, 4.69) is 38.6 Å². The van der Waals surface area contributed by atoms with Crippen molar-refractivity contribution in [2.75, 3.05) is 0 Å². The molecule has 1 heteroatoms. The number of hydrogen-bond donors (Lipinski definition) is 0. The standard InChI is InChI=1S/C19H20O/c1-13(2)18-9-14(3)8-15(4)19(18)11-16-6-5-7-17(10-16)12-20/h5-10,12H,1,11H2,2-4H3. The molecule has 0 heterocycles. The first-order valence-electron chi connectivity index (χ1n) is 6.81. The zero-order valence-corrected chi connectivity index (χ0v) is 12.4. The topological polar surface area (TPSA) is 17.1 Å². The van der Waals surface area contributed by atoms with Crippen LogP contribution >= 0.6 is 0 Å². The number of hydrogen-bond acceptors (Lipinski definition) is 1. The van der Waals surface area contributed by atoms with Gasteiger partial charge in [0.1, 0.15) is 6.29 Å². The minimum atomic E-state index is 0.726. The number of aryl methyl sites for hydroxylation is 2. The molecule has 0 amide bonds. The molecule has 0 aliphatic heterocycles. The summed E-state index contributed by atoms with van der Waals surface area (Å²) in [6.07, 6.45) is 1.72. The lowest BCUT2D eigenvalue weighted by molar-refractivity contribution is 0.112. The molecule has 0 aliphatic carbocycles. The fraction of sp³-hybridized carbons (Fsp3) is 0.211. The van der Waals surface area contributed by atoms with Gasteiger partial charge in [0.2, 0.25) is 0 Å². The summed E-state index contributed by atoms with van der Waals surface area (Å²) in [6, 6.07) is 12.2. The molecule has 0 spiro atoms. The summed E-state index contributed by atoms with van der Waals surface area (Å²) >= 11 is 0. The Morgan fingerprint density at radius 2 is 1.95 bits per heavy atom. The van der Waals surface area contributed by atoms with Gasteiger partial charge in [-0.2, -0.15) is 0 Å². The Labute approximate surface area is 121 Å². The summed E-state index contributed by atoms with van der Waals surface area (Å²) in [7, 11) is 0. The summed E-state index contributed by atoms with van der Waals surface area (Å²) in [5.41, 5.74) is 8.02. The third-order valence-corrected chi connectivity index (χ3v) is 3.55. The van der Waals surface area contributed by atoms with Crippen LogP contribution in [-0.2, 0) is 6.42 Å². The highest BCUT2D eigenvalue weighted by molar-refractivity contribution is 5.75. The third kappa shape index (κ3) is 3.05. The van der Waals surface area contributed by atoms with E-state index in [0.717, 1.165) is 29.4 Å². The first kappa shape index (κ1) is 14.3. The number of allylic oxidation sites excluding steroid dienone is 1. The lowest BCUT2D eigenvalue weighted by atomic mass is 9.90. The Kier molecular flexibility index (Phi) is 4.19. The van der Waals surface area contributed by atoms with Gasteiger partial charge in [0.05, 0.1) is 0 Å². The van der Waals surface area contributed by atoms with Gasteiger partial charge in [-0.25, -0.2) is 0 Å². The maximum atomic E-state index is 10.9. The van der Waals surface area contributed by atoms with Gasteiger partial charge in [-0.1, -0.05) is 48.0 Å². The highest BCUT2D eigenvalue weighted by atomic mass is 16.1. The van der Waals surface area contributed by atoms with E-state index in [1.54, 1.807) is 0 Å². The van der Waals surface area contributed by atoms with Crippen LogP contribution in [0.25, 0.3) is 5.57 Å². The average molecular weight is 264 g/mol. The second kappa shape index (κ2) is 5.87. The van der Waals surface area contributed by atoms with E-state index in [0.29, 0.717) is 0 Å². The van der Waals surface area contributed by atoms with Crippen LogP contribution in [0.15, 0.2) is 43.0 Å². The predicted octanol–water partition coefficient (Wildman–Crippen LogP) is 4.74. The fourth-order valence-corrected chi connectivity index (χ4v) is 2.59. The van der Waals surface area contributed by atoms with E-state index >= 15 is 0 Å². The summed E-state index contributed by atoms with van der Waals surface area (Å²) < 4.78 is 0. The van der Waals surface area contributed by atoms with Crippen molar-refractivity contribution >= 4 is 11.9 Å². The van der Waals surface area contributed by atoms with Crippen molar-refractivity contribution in [1.29, 1.82) is 0 Å². The number of carbonyl (C=O) groups is 1. The zero-order valence-electron chi connectivity index (χ0n) is 12.4. The van der Waals surface area contributed by atoms with E-state index < -0.39 is 0 Å². The van der Waals surface area contributed by atoms with Gasteiger partial charge in [0, 0.05) is 5.56 Å². The van der Waals surface area contributed by atoms with Crippen LogP contribution in [0.3, 0.4) is 0 Å². The largest absolute Gasteiger partial charge is 0.298 e. The van der Waals surface area contributed by atoms with Crippen molar-refractivity contribution in [2.24, 2.45) is 0 Å². The molecule has 0 radical (unpaired) electrons. The van der Waals surface area contributed by atoms with Crippen LogP contribution in [0.5, 0.6) is 0 Å². The Morgan fingerprint density at radius 1 is 1.20 bits per heavy atom. The van der Waals surface area contributed by atoms with Crippen molar-refractivity contribution < 1.29 is 4.79 Å². The van der Waals surface area contributed by atoms with Crippen molar-refractivity contribution in [3.05, 3.63) is 76.4 Å². The average Bonchev–Trinajstić information content (AvgIpc) is 2.41. The monoisotopic (exact) mass is 264 g/mol. The molecule has 0 bridgehead atoms. The first-order valence-corrected chi connectivity index (χ1v) is 6.81.